The Morgan fingerprint density at radius 1 is 1.27 bits per heavy atom. The van der Waals surface area contributed by atoms with Crippen molar-refractivity contribution in [2.24, 2.45) is 0 Å². The molecule has 0 bridgehead atoms. The third-order valence-electron chi connectivity index (χ3n) is 3.15. The van der Waals surface area contributed by atoms with Gasteiger partial charge in [0, 0.05) is 18.5 Å². The number of rotatable bonds is 5. The molecule has 2 heterocycles. The van der Waals surface area contributed by atoms with Crippen molar-refractivity contribution in [2.45, 2.75) is 13.3 Å². The van der Waals surface area contributed by atoms with E-state index in [-0.39, 0.29) is 5.91 Å². The summed E-state index contributed by atoms with van der Waals surface area (Å²) in [6.45, 7) is 2.45. The molecule has 0 spiro atoms. The second kappa shape index (κ2) is 6.53. The van der Waals surface area contributed by atoms with Crippen LogP contribution in [0.1, 0.15) is 21.8 Å². The molecular weight excluding hydrogens is 298 g/mol. The first-order valence-electron chi connectivity index (χ1n) is 6.94. The Balaban J connectivity index is 1.53. The maximum Gasteiger partial charge on any atom is 0.251 e. The molecule has 0 aliphatic rings. The third-order valence-corrected chi connectivity index (χ3v) is 4.01. The largest absolute Gasteiger partial charge is 0.352 e. The van der Waals surface area contributed by atoms with Crippen molar-refractivity contribution in [3.05, 3.63) is 58.8 Å². The average molecular weight is 313 g/mol. The molecule has 0 unspecified atom stereocenters. The highest BCUT2D eigenvalue weighted by Crippen LogP contribution is 2.21. The summed E-state index contributed by atoms with van der Waals surface area (Å²) in [5.74, 6) is 1.01. The Morgan fingerprint density at radius 2 is 2.09 bits per heavy atom. The monoisotopic (exact) mass is 313 g/mol. The van der Waals surface area contributed by atoms with E-state index in [0.29, 0.717) is 30.2 Å². The minimum Gasteiger partial charge on any atom is -0.352 e. The predicted molar refractivity (Wildman–Crippen MR) is 84.8 cm³/mol. The highest BCUT2D eigenvalue weighted by molar-refractivity contribution is 7.13. The Morgan fingerprint density at radius 3 is 2.82 bits per heavy atom. The van der Waals surface area contributed by atoms with Gasteiger partial charge in [-0.15, -0.1) is 11.3 Å². The lowest BCUT2D eigenvalue weighted by molar-refractivity contribution is 0.0953. The summed E-state index contributed by atoms with van der Waals surface area (Å²) in [6, 6.07) is 11.3. The summed E-state index contributed by atoms with van der Waals surface area (Å²) in [4.78, 5) is 17.2. The second-order valence-electron chi connectivity index (χ2n) is 4.86. The molecule has 5 nitrogen and oxygen atoms in total. The van der Waals surface area contributed by atoms with E-state index in [1.807, 2.05) is 48.7 Å². The van der Waals surface area contributed by atoms with Crippen LogP contribution in [0.5, 0.6) is 0 Å². The number of aromatic nitrogens is 2. The van der Waals surface area contributed by atoms with Crippen molar-refractivity contribution in [1.29, 1.82) is 0 Å². The van der Waals surface area contributed by atoms with Crippen molar-refractivity contribution in [2.75, 3.05) is 6.54 Å². The van der Waals surface area contributed by atoms with Crippen LogP contribution in [0.25, 0.3) is 10.7 Å². The van der Waals surface area contributed by atoms with Gasteiger partial charge in [-0.05, 0) is 30.5 Å². The minimum atomic E-state index is -0.0991. The average Bonchev–Trinajstić information content (AvgIpc) is 3.19. The lowest BCUT2D eigenvalue weighted by Crippen LogP contribution is -2.25. The van der Waals surface area contributed by atoms with Gasteiger partial charge >= 0.3 is 0 Å². The summed E-state index contributed by atoms with van der Waals surface area (Å²) in [6.07, 6.45) is 0.510. The van der Waals surface area contributed by atoms with Gasteiger partial charge in [0.25, 0.3) is 5.91 Å². The summed E-state index contributed by atoms with van der Waals surface area (Å²) < 4.78 is 5.19. The fourth-order valence-corrected chi connectivity index (χ4v) is 2.60. The zero-order valence-corrected chi connectivity index (χ0v) is 12.9. The summed E-state index contributed by atoms with van der Waals surface area (Å²) in [5.41, 5.74) is 1.78. The van der Waals surface area contributed by atoms with E-state index in [9.17, 15) is 4.79 Å². The number of hydrogen-bond acceptors (Lipinski definition) is 5. The molecular formula is C16H15N3O2S. The number of amides is 1. The van der Waals surface area contributed by atoms with E-state index < -0.39 is 0 Å². The molecule has 3 rings (SSSR count). The molecule has 0 fully saturated rings. The molecule has 0 aliphatic carbocycles. The normalized spacial score (nSPS) is 10.6. The van der Waals surface area contributed by atoms with Gasteiger partial charge in [-0.1, -0.05) is 28.9 Å². The number of nitrogens with one attached hydrogen (secondary N) is 1. The number of carbonyl (C=O) groups is 1. The van der Waals surface area contributed by atoms with Crippen molar-refractivity contribution >= 4 is 17.2 Å². The van der Waals surface area contributed by atoms with Crippen LogP contribution < -0.4 is 5.32 Å². The van der Waals surface area contributed by atoms with E-state index in [4.69, 9.17) is 4.52 Å². The summed E-state index contributed by atoms with van der Waals surface area (Å²) in [7, 11) is 0. The zero-order chi connectivity index (χ0) is 15.4. The summed E-state index contributed by atoms with van der Waals surface area (Å²) in [5, 5.41) is 8.75. The van der Waals surface area contributed by atoms with Gasteiger partial charge in [0.1, 0.15) is 0 Å². The lowest BCUT2D eigenvalue weighted by Gasteiger charge is -2.03. The first-order chi connectivity index (χ1) is 10.7. The van der Waals surface area contributed by atoms with Gasteiger partial charge in [0.05, 0.1) is 4.88 Å². The molecule has 0 saturated heterocycles. The first-order valence-corrected chi connectivity index (χ1v) is 7.81. The van der Waals surface area contributed by atoms with E-state index in [1.165, 1.54) is 0 Å². The van der Waals surface area contributed by atoms with Crippen LogP contribution in [-0.2, 0) is 6.42 Å². The molecule has 2 aromatic heterocycles. The number of nitrogens with zero attached hydrogens (tertiary/aromatic N) is 2. The minimum absolute atomic E-state index is 0.0991. The van der Waals surface area contributed by atoms with Gasteiger partial charge in [0.2, 0.25) is 11.7 Å². The van der Waals surface area contributed by atoms with Gasteiger partial charge in [0.15, 0.2) is 0 Å². The number of carbonyl (C=O) groups excluding carboxylic acids is 1. The van der Waals surface area contributed by atoms with Crippen LogP contribution in [0.15, 0.2) is 46.3 Å². The van der Waals surface area contributed by atoms with Crippen molar-refractivity contribution in [1.82, 2.24) is 15.5 Å². The fourth-order valence-electron chi connectivity index (χ4n) is 1.95. The highest BCUT2D eigenvalue weighted by Gasteiger charge is 2.10. The first kappa shape index (κ1) is 14.5. The van der Waals surface area contributed by atoms with E-state index >= 15 is 0 Å². The third kappa shape index (κ3) is 3.40. The van der Waals surface area contributed by atoms with Crippen molar-refractivity contribution in [3.63, 3.8) is 0 Å². The fraction of sp³-hybridized carbons (Fsp3) is 0.188. The Labute approximate surface area is 132 Å². The molecule has 1 N–H and O–H groups in total. The smallest absolute Gasteiger partial charge is 0.251 e. The topological polar surface area (TPSA) is 68.0 Å². The van der Waals surface area contributed by atoms with Crippen molar-refractivity contribution in [3.8, 4) is 10.7 Å². The molecule has 1 aromatic carbocycles. The molecule has 22 heavy (non-hydrogen) atoms. The van der Waals surface area contributed by atoms with E-state index in [0.717, 1.165) is 10.4 Å². The predicted octanol–water partition coefficient (Wildman–Crippen LogP) is 3.08. The van der Waals surface area contributed by atoms with E-state index in [1.54, 1.807) is 11.3 Å². The van der Waals surface area contributed by atoms with Gasteiger partial charge < -0.3 is 9.84 Å². The molecule has 0 radical (unpaired) electrons. The van der Waals surface area contributed by atoms with Gasteiger partial charge in [-0.25, -0.2) is 0 Å². The molecule has 112 valence electrons. The molecule has 6 heteroatoms. The number of benzene rings is 1. The van der Waals surface area contributed by atoms with Crippen LogP contribution in [0.4, 0.5) is 0 Å². The Kier molecular flexibility index (Phi) is 4.29. The summed E-state index contributed by atoms with van der Waals surface area (Å²) >= 11 is 1.56. The van der Waals surface area contributed by atoms with Crippen LogP contribution in [-0.4, -0.2) is 22.6 Å². The number of thiophene rings is 1. The zero-order valence-electron chi connectivity index (χ0n) is 12.1. The van der Waals surface area contributed by atoms with Crippen LogP contribution in [0.3, 0.4) is 0 Å². The molecule has 0 aliphatic heterocycles. The van der Waals surface area contributed by atoms with Crippen molar-refractivity contribution < 1.29 is 9.32 Å². The molecule has 0 atom stereocenters. The lowest BCUT2D eigenvalue weighted by atomic mass is 10.1. The Bertz CT molecular complexity index is 748. The highest BCUT2D eigenvalue weighted by atomic mass is 32.1. The quantitative estimate of drug-likeness (QED) is 0.786. The standard InChI is InChI=1S/C16H15N3O2S/c1-11-4-6-12(7-5-11)16(20)17-9-8-14-18-15(19-21-14)13-3-2-10-22-13/h2-7,10H,8-9H2,1H3,(H,17,20). The van der Waals surface area contributed by atoms with Gasteiger partial charge in [-0.2, -0.15) is 4.98 Å². The maximum absolute atomic E-state index is 12.0. The molecule has 1 amide bonds. The van der Waals surface area contributed by atoms with E-state index in [2.05, 4.69) is 15.5 Å². The van der Waals surface area contributed by atoms with Crippen LogP contribution in [0.2, 0.25) is 0 Å². The SMILES string of the molecule is Cc1ccc(C(=O)NCCc2nc(-c3cccs3)no2)cc1. The number of hydrogen-bond donors (Lipinski definition) is 1. The van der Waals surface area contributed by atoms with Crippen LogP contribution in [0, 0.1) is 6.92 Å². The number of aryl methyl sites for hydroxylation is 1. The Hall–Kier alpha value is -2.47. The molecule has 0 saturated carbocycles. The molecule has 3 aromatic rings. The second-order valence-corrected chi connectivity index (χ2v) is 5.81. The van der Waals surface area contributed by atoms with Crippen LogP contribution >= 0.6 is 11.3 Å². The maximum atomic E-state index is 12.0. The van der Waals surface area contributed by atoms with Gasteiger partial charge in [-0.3, -0.25) is 4.79 Å².